The van der Waals surface area contributed by atoms with Crippen molar-refractivity contribution in [2.45, 2.75) is 13.0 Å². The van der Waals surface area contributed by atoms with Gasteiger partial charge in [-0.25, -0.2) is 4.39 Å². The summed E-state index contributed by atoms with van der Waals surface area (Å²) in [6, 6.07) is 8.05. The van der Waals surface area contributed by atoms with Crippen molar-refractivity contribution < 1.29 is 18.3 Å². The third kappa shape index (κ3) is 4.68. The van der Waals surface area contributed by atoms with Crippen LogP contribution in [-0.4, -0.2) is 19.1 Å². The first-order chi connectivity index (χ1) is 10.2. The fraction of sp³-hybridized carbons (Fsp3) is 0.267. The lowest BCUT2D eigenvalue weighted by molar-refractivity contribution is 0.0913. The molecule has 2 aromatic rings. The van der Waals surface area contributed by atoms with E-state index >= 15 is 0 Å². The summed E-state index contributed by atoms with van der Waals surface area (Å²) in [4.78, 5) is 11.9. The Bertz CT molecular complexity index is 566. The fourth-order valence-electron chi connectivity index (χ4n) is 1.75. The van der Waals surface area contributed by atoms with Gasteiger partial charge in [0.15, 0.2) is 0 Å². The summed E-state index contributed by atoms with van der Waals surface area (Å²) in [5.74, 6) is -0.226. The molecular formula is C15H15BrFNO3. The van der Waals surface area contributed by atoms with E-state index < -0.39 is 11.7 Å². The van der Waals surface area contributed by atoms with Gasteiger partial charge in [-0.1, -0.05) is 6.07 Å². The fourth-order valence-corrected chi connectivity index (χ4v) is 2.27. The number of benzene rings is 1. The van der Waals surface area contributed by atoms with E-state index in [1.807, 2.05) is 6.07 Å². The Hall–Kier alpha value is -1.66. The van der Waals surface area contributed by atoms with E-state index in [0.29, 0.717) is 30.7 Å². The average Bonchev–Trinajstić information content (AvgIpc) is 2.95. The predicted molar refractivity (Wildman–Crippen MR) is 79.4 cm³/mol. The van der Waals surface area contributed by atoms with Crippen molar-refractivity contribution in [1.82, 2.24) is 5.32 Å². The second-order valence-electron chi connectivity index (χ2n) is 4.34. The maximum Gasteiger partial charge on any atom is 0.255 e. The van der Waals surface area contributed by atoms with Crippen LogP contribution in [0.15, 0.2) is 45.5 Å². The summed E-state index contributed by atoms with van der Waals surface area (Å²) in [6.07, 6.45) is 2.23. The van der Waals surface area contributed by atoms with Crippen LogP contribution < -0.4 is 5.32 Å². The number of carbonyl (C=O) groups is 1. The number of hydrogen-bond acceptors (Lipinski definition) is 3. The minimum Gasteiger partial charge on any atom is -0.467 e. The molecular weight excluding hydrogens is 341 g/mol. The number of halogens is 2. The first kappa shape index (κ1) is 15.7. The normalized spacial score (nSPS) is 10.6. The topological polar surface area (TPSA) is 51.5 Å². The summed E-state index contributed by atoms with van der Waals surface area (Å²) in [6.45, 7) is 1.30. The quantitative estimate of drug-likeness (QED) is 0.773. The van der Waals surface area contributed by atoms with Crippen LogP contribution in [0.5, 0.6) is 0 Å². The van der Waals surface area contributed by atoms with Crippen LogP contribution in [-0.2, 0) is 11.3 Å². The molecule has 21 heavy (non-hydrogen) atoms. The zero-order chi connectivity index (χ0) is 15.1. The highest BCUT2D eigenvalue weighted by molar-refractivity contribution is 9.10. The number of furan rings is 1. The van der Waals surface area contributed by atoms with Crippen LogP contribution in [0.2, 0.25) is 0 Å². The molecule has 1 aromatic carbocycles. The van der Waals surface area contributed by atoms with Crippen molar-refractivity contribution in [3.63, 3.8) is 0 Å². The first-order valence-electron chi connectivity index (χ1n) is 6.51. The van der Waals surface area contributed by atoms with Gasteiger partial charge >= 0.3 is 0 Å². The summed E-state index contributed by atoms with van der Waals surface area (Å²) >= 11 is 3.17. The van der Waals surface area contributed by atoms with Gasteiger partial charge in [-0.2, -0.15) is 0 Å². The molecule has 112 valence electrons. The van der Waals surface area contributed by atoms with Crippen molar-refractivity contribution in [2.75, 3.05) is 13.2 Å². The zero-order valence-electron chi connectivity index (χ0n) is 11.3. The highest BCUT2D eigenvalue weighted by Gasteiger charge is 2.14. The van der Waals surface area contributed by atoms with Gasteiger partial charge in [0, 0.05) is 17.6 Å². The van der Waals surface area contributed by atoms with Crippen LogP contribution in [0.25, 0.3) is 0 Å². The van der Waals surface area contributed by atoms with E-state index in [1.54, 1.807) is 24.5 Å². The molecule has 0 unspecified atom stereocenters. The van der Waals surface area contributed by atoms with Crippen molar-refractivity contribution in [3.8, 4) is 0 Å². The van der Waals surface area contributed by atoms with Crippen molar-refractivity contribution in [3.05, 3.63) is 58.2 Å². The average molecular weight is 356 g/mol. The number of ether oxygens (including phenoxy) is 1. The van der Waals surface area contributed by atoms with Crippen LogP contribution in [0.1, 0.15) is 22.5 Å². The largest absolute Gasteiger partial charge is 0.467 e. The van der Waals surface area contributed by atoms with E-state index in [4.69, 9.17) is 9.15 Å². The van der Waals surface area contributed by atoms with Crippen LogP contribution in [0, 0.1) is 5.82 Å². The van der Waals surface area contributed by atoms with Gasteiger partial charge < -0.3 is 14.5 Å². The van der Waals surface area contributed by atoms with Crippen molar-refractivity contribution >= 4 is 21.8 Å². The maximum absolute atomic E-state index is 13.6. The van der Waals surface area contributed by atoms with Gasteiger partial charge in [0.1, 0.15) is 18.2 Å². The minimum atomic E-state index is -0.545. The molecule has 1 heterocycles. The molecule has 0 spiro atoms. The number of nitrogens with one attached hydrogen (secondary N) is 1. The molecule has 6 heteroatoms. The molecule has 0 aliphatic heterocycles. The summed E-state index contributed by atoms with van der Waals surface area (Å²) in [7, 11) is 0. The molecule has 1 amide bonds. The number of amides is 1. The summed E-state index contributed by atoms with van der Waals surface area (Å²) < 4.78 is 24.5. The molecule has 0 aliphatic carbocycles. The van der Waals surface area contributed by atoms with Gasteiger partial charge in [-0.3, -0.25) is 4.79 Å². The molecule has 0 saturated heterocycles. The Kier molecular flexibility index (Phi) is 5.95. The molecule has 2 rings (SSSR count). The SMILES string of the molecule is O=C(NCCCOCc1ccco1)c1c(F)cccc1Br. The highest BCUT2D eigenvalue weighted by Crippen LogP contribution is 2.19. The predicted octanol–water partition coefficient (Wildman–Crippen LogP) is 3.52. The Balaban J connectivity index is 1.67. The number of rotatable bonds is 7. The molecule has 0 bridgehead atoms. The third-order valence-corrected chi connectivity index (χ3v) is 3.43. The smallest absolute Gasteiger partial charge is 0.255 e. The van der Waals surface area contributed by atoms with Gasteiger partial charge in [-0.05, 0) is 46.6 Å². The third-order valence-electron chi connectivity index (χ3n) is 2.77. The van der Waals surface area contributed by atoms with Gasteiger partial charge in [0.2, 0.25) is 0 Å². The second-order valence-corrected chi connectivity index (χ2v) is 5.19. The van der Waals surface area contributed by atoms with Crippen LogP contribution in [0.3, 0.4) is 0 Å². The second kappa shape index (κ2) is 7.95. The monoisotopic (exact) mass is 355 g/mol. The summed E-state index contributed by atoms with van der Waals surface area (Å²) in [5.41, 5.74) is 0.0222. The Morgan fingerprint density at radius 3 is 2.90 bits per heavy atom. The standard InChI is InChI=1S/C15H15BrFNO3/c16-12-5-1-6-13(17)14(12)15(19)18-7-3-8-20-10-11-4-2-9-21-11/h1-2,4-6,9H,3,7-8,10H2,(H,18,19). The maximum atomic E-state index is 13.6. The van der Waals surface area contributed by atoms with Gasteiger partial charge in [-0.15, -0.1) is 0 Å². The molecule has 0 radical (unpaired) electrons. The number of carbonyl (C=O) groups excluding carboxylic acids is 1. The first-order valence-corrected chi connectivity index (χ1v) is 7.30. The highest BCUT2D eigenvalue weighted by atomic mass is 79.9. The zero-order valence-corrected chi connectivity index (χ0v) is 12.9. The van der Waals surface area contributed by atoms with Crippen molar-refractivity contribution in [2.24, 2.45) is 0 Å². The number of hydrogen-bond donors (Lipinski definition) is 1. The minimum absolute atomic E-state index is 0.0222. The molecule has 0 aliphatic rings. The molecule has 1 N–H and O–H groups in total. The van der Waals surface area contributed by atoms with E-state index in [-0.39, 0.29) is 5.56 Å². The van der Waals surface area contributed by atoms with Crippen LogP contribution >= 0.6 is 15.9 Å². The van der Waals surface area contributed by atoms with E-state index in [2.05, 4.69) is 21.2 Å². The Morgan fingerprint density at radius 1 is 1.33 bits per heavy atom. The lowest BCUT2D eigenvalue weighted by Gasteiger charge is -2.08. The molecule has 1 aromatic heterocycles. The molecule has 0 saturated carbocycles. The Morgan fingerprint density at radius 2 is 2.19 bits per heavy atom. The van der Waals surface area contributed by atoms with E-state index in [1.165, 1.54) is 6.07 Å². The van der Waals surface area contributed by atoms with E-state index in [9.17, 15) is 9.18 Å². The Labute approximate surface area is 130 Å². The molecule has 0 fully saturated rings. The molecule has 0 atom stereocenters. The summed E-state index contributed by atoms with van der Waals surface area (Å²) in [5, 5.41) is 2.66. The lowest BCUT2D eigenvalue weighted by Crippen LogP contribution is -2.26. The van der Waals surface area contributed by atoms with E-state index in [0.717, 1.165) is 5.76 Å². The van der Waals surface area contributed by atoms with Gasteiger partial charge in [0.25, 0.3) is 5.91 Å². The van der Waals surface area contributed by atoms with Gasteiger partial charge in [0.05, 0.1) is 11.8 Å². The van der Waals surface area contributed by atoms with Crippen molar-refractivity contribution in [1.29, 1.82) is 0 Å². The molecule has 4 nitrogen and oxygen atoms in total. The lowest BCUT2D eigenvalue weighted by atomic mass is 10.2. The van der Waals surface area contributed by atoms with Crippen LogP contribution in [0.4, 0.5) is 4.39 Å².